The predicted octanol–water partition coefficient (Wildman–Crippen LogP) is 4.27. The van der Waals surface area contributed by atoms with Crippen LogP contribution in [0.1, 0.15) is 73.7 Å². The summed E-state index contributed by atoms with van der Waals surface area (Å²) in [5, 5.41) is 12.9. The summed E-state index contributed by atoms with van der Waals surface area (Å²) in [6.07, 6.45) is 5.21. The second-order valence-corrected chi connectivity index (χ2v) is 9.44. The Hall–Kier alpha value is -1.89. The number of anilines is 1. The Kier molecular flexibility index (Phi) is 6.43. The minimum atomic E-state index is -0.918. The van der Waals surface area contributed by atoms with E-state index in [1.54, 1.807) is 13.8 Å². The van der Waals surface area contributed by atoms with E-state index in [9.17, 15) is 19.5 Å². The predicted molar refractivity (Wildman–Crippen MR) is 108 cm³/mol. The molecule has 0 radical (unpaired) electrons. The Balaban J connectivity index is 1.89. The van der Waals surface area contributed by atoms with E-state index in [4.69, 9.17) is 4.74 Å². The quantitative estimate of drug-likeness (QED) is 0.711. The number of rotatable bonds is 5. The Morgan fingerprint density at radius 2 is 1.82 bits per heavy atom. The molecule has 154 valence electrons. The zero-order valence-corrected chi connectivity index (χ0v) is 17.6. The molecule has 3 rings (SSSR count). The summed E-state index contributed by atoms with van der Waals surface area (Å²) in [4.78, 5) is 38.4. The highest BCUT2D eigenvalue weighted by molar-refractivity contribution is 7.17. The number of nitrogens with one attached hydrogen (secondary N) is 1. The Morgan fingerprint density at radius 1 is 1.14 bits per heavy atom. The zero-order valence-electron chi connectivity index (χ0n) is 16.7. The van der Waals surface area contributed by atoms with Crippen LogP contribution >= 0.6 is 11.3 Å². The van der Waals surface area contributed by atoms with Crippen molar-refractivity contribution in [3.8, 4) is 0 Å². The monoisotopic (exact) mass is 407 g/mol. The SMILES string of the molecule is CC(C)OC(=O)c1c(NC(=O)[C@@H]2CCCC[C@@H]2C(=O)O)sc2c1CC[C@H](C)C2. The van der Waals surface area contributed by atoms with Crippen LogP contribution in [0, 0.1) is 17.8 Å². The van der Waals surface area contributed by atoms with Crippen LogP contribution in [0.5, 0.6) is 0 Å². The number of ether oxygens (including phenoxy) is 1. The molecule has 1 saturated carbocycles. The number of carboxylic acid groups (broad SMARTS) is 1. The summed E-state index contributed by atoms with van der Waals surface area (Å²) < 4.78 is 5.44. The lowest BCUT2D eigenvalue weighted by molar-refractivity contribution is -0.147. The summed E-state index contributed by atoms with van der Waals surface area (Å²) >= 11 is 1.44. The molecule has 0 aromatic carbocycles. The first-order valence-corrected chi connectivity index (χ1v) is 11.0. The lowest BCUT2D eigenvalue weighted by Gasteiger charge is -2.27. The van der Waals surface area contributed by atoms with Gasteiger partial charge in [-0.2, -0.15) is 0 Å². The first-order chi connectivity index (χ1) is 13.3. The fraction of sp³-hybridized carbons (Fsp3) is 0.667. The van der Waals surface area contributed by atoms with E-state index >= 15 is 0 Å². The molecule has 2 N–H and O–H groups in total. The van der Waals surface area contributed by atoms with Crippen molar-refractivity contribution in [3.63, 3.8) is 0 Å². The minimum absolute atomic E-state index is 0.246. The van der Waals surface area contributed by atoms with Gasteiger partial charge in [0.15, 0.2) is 0 Å². The molecule has 6 nitrogen and oxygen atoms in total. The number of hydrogen-bond acceptors (Lipinski definition) is 5. The van der Waals surface area contributed by atoms with Gasteiger partial charge in [-0.25, -0.2) is 4.79 Å². The van der Waals surface area contributed by atoms with Gasteiger partial charge >= 0.3 is 11.9 Å². The summed E-state index contributed by atoms with van der Waals surface area (Å²) in [6, 6.07) is 0. The number of amides is 1. The van der Waals surface area contributed by atoms with Gasteiger partial charge in [0.25, 0.3) is 0 Å². The topological polar surface area (TPSA) is 92.7 Å². The van der Waals surface area contributed by atoms with Crippen molar-refractivity contribution in [3.05, 3.63) is 16.0 Å². The highest BCUT2D eigenvalue weighted by Crippen LogP contribution is 2.41. The van der Waals surface area contributed by atoms with E-state index in [-0.39, 0.29) is 12.0 Å². The van der Waals surface area contributed by atoms with Crippen LogP contribution < -0.4 is 5.32 Å². The third-order valence-electron chi connectivity index (χ3n) is 5.72. The number of carbonyl (C=O) groups is 3. The summed E-state index contributed by atoms with van der Waals surface area (Å²) in [5.41, 5.74) is 1.46. The van der Waals surface area contributed by atoms with Crippen molar-refractivity contribution >= 4 is 34.2 Å². The lowest BCUT2D eigenvalue weighted by atomic mass is 9.78. The van der Waals surface area contributed by atoms with E-state index in [0.717, 1.165) is 42.5 Å². The van der Waals surface area contributed by atoms with Crippen molar-refractivity contribution in [1.82, 2.24) is 0 Å². The molecular formula is C21H29NO5S. The van der Waals surface area contributed by atoms with Crippen LogP contribution in [0.25, 0.3) is 0 Å². The van der Waals surface area contributed by atoms with Crippen molar-refractivity contribution < 1.29 is 24.2 Å². The van der Waals surface area contributed by atoms with Crippen molar-refractivity contribution in [2.24, 2.45) is 17.8 Å². The normalized spacial score (nSPS) is 24.5. The minimum Gasteiger partial charge on any atom is -0.481 e. The van der Waals surface area contributed by atoms with Gasteiger partial charge in [0.05, 0.1) is 23.5 Å². The molecule has 0 aliphatic heterocycles. The third kappa shape index (κ3) is 4.40. The van der Waals surface area contributed by atoms with Crippen LogP contribution in [-0.4, -0.2) is 29.1 Å². The second kappa shape index (κ2) is 8.64. The fourth-order valence-electron chi connectivity index (χ4n) is 4.27. The largest absolute Gasteiger partial charge is 0.481 e. The maximum atomic E-state index is 12.9. The van der Waals surface area contributed by atoms with Crippen LogP contribution in [0.2, 0.25) is 0 Å². The number of thiophene rings is 1. The van der Waals surface area contributed by atoms with Gasteiger partial charge in [0.1, 0.15) is 5.00 Å². The molecule has 3 atom stereocenters. The van der Waals surface area contributed by atoms with Gasteiger partial charge in [0.2, 0.25) is 5.91 Å². The molecular weight excluding hydrogens is 378 g/mol. The first kappa shape index (κ1) is 20.8. The number of esters is 1. The highest BCUT2D eigenvalue weighted by Gasteiger charge is 2.37. The van der Waals surface area contributed by atoms with E-state index in [0.29, 0.717) is 29.3 Å². The molecule has 1 heterocycles. The smallest absolute Gasteiger partial charge is 0.341 e. The lowest BCUT2D eigenvalue weighted by Crippen LogP contribution is -2.36. The molecule has 1 aromatic rings. The van der Waals surface area contributed by atoms with E-state index in [2.05, 4.69) is 12.2 Å². The van der Waals surface area contributed by atoms with Crippen LogP contribution in [0.3, 0.4) is 0 Å². The molecule has 0 bridgehead atoms. The number of carboxylic acids is 1. The molecule has 1 amide bonds. The van der Waals surface area contributed by atoms with E-state index in [1.165, 1.54) is 11.3 Å². The molecule has 1 aromatic heterocycles. The maximum Gasteiger partial charge on any atom is 0.341 e. The second-order valence-electron chi connectivity index (χ2n) is 8.33. The number of fused-ring (bicyclic) bond motifs is 1. The third-order valence-corrected chi connectivity index (χ3v) is 6.88. The average Bonchev–Trinajstić information content (AvgIpc) is 2.97. The molecule has 0 spiro atoms. The van der Waals surface area contributed by atoms with Gasteiger partial charge in [-0.15, -0.1) is 11.3 Å². The number of aliphatic carboxylic acids is 1. The zero-order chi connectivity index (χ0) is 20.4. The number of hydrogen-bond donors (Lipinski definition) is 2. The van der Waals surface area contributed by atoms with Gasteiger partial charge in [-0.3, -0.25) is 9.59 Å². The Morgan fingerprint density at radius 3 is 2.46 bits per heavy atom. The van der Waals surface area contributed by atoms with Gasteiger partial charge in [0, 0.05) is 4.88 Å². The first-order valence-electron chi connectivity index (χ1n) is 10.2. The van der Waals surface area contributed by atoms with Crippen LogP contribution in [0.15, 0.2) is 0 Å². The Labute approximate surface area is 169 Å². The molecule has 0 saturated heterocycles. The van der Waals surface area contributed by atoms with Crippen LogP contribution in [0.4, 0.5) is 5.00 Å². The molecule has 1 fully saturated rings. The summed E-state index contributed by atoms with van der Waals surface area (Å²) in [5.74, 6) is -2.29. The maximum absolute atomic E-state index is 12.9. The van der Waals surface area contributed by atoms with Crippen molar-refractivity contribution in [2.45, 2.75) is 71.8 Å². The molecule has 28 heavy (non-hydrogen) atoms. The summed E-state index contributed by atoms with van der Waals surface area (Å²) in [6.45, 7) is 5.79. The molecule has 7 heteroatoms. The van der Waals surface area contributed by atoms with Crippen molar-refractivity contribution in [2.75, 3.05) is 5.32 Å². The van der Waals surface area contributed by atoms with Gasteiger partial charge < -0.3 is 15.2 Å². The molecule has 0 unspecified atom stereocenters. The average molecular weight is 408 g/mol. The van der Waals surface area contributed by atoms with Crippen LogP contribution in [-0.2, 0) is 27.2 Å². The molecule has 2 aliphatic carbocycles. The molecule has 2 aliphatic rings. The van der Waals surface area contributed by atoms with E-state index < -0.39 is 23.8 Å². The standard InChI is InChI=1S/C21H29NO5S/c1-11(2)27-21(26)17-15-9-8-12(3)10-16(15)28-19(17)22-18(23)13-6-4-5-7-14(13)20(24)25/h11-14H,4-10H2,1-3H3,(H,22,23)(H,24,25)/t12-,13+,14-/m0/s1. The highest BCUT2D eigenvalue weighted by atomic mass is 32.1. The van der Waals surface area contributed by atoms with Gasteiger partial charge in [-0.1, -0.05) is 19.8 Å². The van der Waals surface area contributed by atoms with Gasteiger partial charge in [-0.05, 0) is 57.4 Å². The Bertz CT molecular complexity index is 769. The van der Waals surface area contributed by atoms with Crippen molar-refractivity contribution in [1.29, 1.82) is 0 Å². The summed E-state index contributed by atoms with van der Waals surface area (Å²) in [7, 11) is 0. The number of carbonyl (C=O) groups excluding carboxylic acids is 2. The fourth-order valence-corrected chi connectivity index (χ4v) is 5.67. The van der Waals surface area contributed by atoms with E-state index in [1.807, 2.05) is 0 Å².